The summed E-state index contributed by atoms with van der Waals surface area (Å²) in [5.74, 6) is -2.52. The first-order valence-corrected chi connectivity index (χ1v) is 10.1. The molecule has 3 heterocycles. The number of ketones is 1. The van der Waals surface area contributed by atoms with Crippen LogP contribution in [0.1, 0.15) is 21.7 Å². The number of Topliss-reactive ketones (excluding diaryl/α,β-unsaturated/α-hetero) is 1. The zero-order valence-corrected chi connectivity index (χ0v) is 18.6. The van der Waals surface area contributed by atoms with Gasteiger partial charge in [-0.05, 0) is 31.2 Å². The van der Waals surface area contributed by atoms with Crippen molar-refractivity contribution in [2.24, 2.45) is 0 Å². The van der Waals surface area contributed by atoms with E-state index in [9.17, 15) is 18.4 Å². The summed E-state index contributed by atoms with van der Waals surface area (Å²) in [6.45, 7) is 1.57. The van der Waals surface area contributed by atoms with Crippen molar-refractivity contribution in [2.45, 2.75) is 13.5 Å². The molecule has 1 N–H and O–H groups in total. The Morgan fingerprint density at radius 2 is 1.85 bits per heavy atom. The van der Waals surface area contributed by atoms with E-state index in [2.05, 4.69) is 15.3 Å². The molecule has 4 rings (SSSR count). The van der Waals surface area contributed by atoms with E-state index < -0.39 is 23.3 Å². The van der Waals surface area contributed by atoms with Crippen LogP contribution in [0, 0.1) is 18.6 Å². The molecule has 0 radical (unpaired) electrons. The fourth-order valence-corrected chi connectivity index (χ4v) is 3.69. The number of halogens is 2. The minimum atomic E-state index is -0.871. The van der Waals surface area contributed by atoms with Crippen LogP contribution in [-0.4, -0.2) is 40.4 Å². The number of carbonyl (C=O) groups excluding carboxylic acids is 2. The fraction of sp³-hybridized carbons (Fsp3) is 0.167. The number of amides is 1. The van der Waals surface area contributed by atoms with E-state index in [0.717, 1.165) is 12.3 Å². The quantitative estimate of drug-likeness (QED) is 0.328. The number of rotatable bonds is 7. The lowest BCUT2D eigenvalue weighted by molar-refractivity contribution is -0.112. The number of pyridine rings is 2. The highest BCUT2D eigenvalue weighted by molar-refractivity contribution is 6.48. The zero-order valence-electron chi connectivity index (χ0n) is 18.6. The molecule has 0 aliphatic rings. The molecule has 0 atom stereocenters. The highest BCUT2D eigenvalue weighted by Gasteiger charge is 2.26. The smallest absolute Gasteiger partial charge is 0.296 e. The molecule has 4 aromatic rings. The number of ether oxygens (including phenoxy) is 2. The van der Waals surface area contributed by atoms with Gasteiger partial charge < -0.3 is 19.4 Å². The molecule has 0 fully saturated rings. The molecule has 34 heavy (non-hydrogen) atoms. The van der Waals surface area contributed by atoms with E-state index in [1.807, 2.05) is 0 Å². The lowest BCUT2D eigenvalue weighted by Crippen LogP contribution is -2.23. The number of benzene rings is 1. The van der Waals surface area contributed by atoms with Crippen molar-refractivity contribution < 1.29 is 27.8 Å². The first-order chi connectivity index (χ1) is 16.3. The fourth-order valence-electron chi connectivity index (χ4n) is 3.69. The summed E-state index contributed by atoms with van der Waals surface area (Å²) in [6, 6.07) is 8.76. The summed E-state index contributed by atoms with van der Waals surface area (Å²) in [5, 5.41) is 3.00. The van der Waals surface area contributed by atoms with Crippen LogP contribution in [0.25, 0.3) is 10.9 Å². The van der Waals surface area contributed by atoms with E-state index in [0.29, 0.717) is 28.0 Å². The van der Waals surface area contributed by atoms with Gasteiger partial charge in [-0.15, -0.1) is 0 Å². The summed E-state index contributed by atoms with van der Waals surface area (Å²) >= 11 is 0. The van der Waals surface area contributed by atoms with Crippen molar-refractivity contribution in [3.05, 3.63) is 77.4 Å². The van der Waals surface area contributed by atoms with E-state index in [1.165, 1.54) is 32.5 Å². The summed E-state index contributed by atoms with van der Waals surface area (Å²) in [7, 11) is 2.91. The Morgan fingerprint density at radius 1 is 1.06 bits per heavy atom. The van der Waals surface area contributed by atoms with Crippen LogP contribution < -0.4 is 14.8 Å². The monoisotopic (exact) mass is 466 g/mol. The number of hydrogen-bond donors (Lipinski definition) is 1. The number of nitrogens with zero attached hydrogens (tertiary/aromatic N) is 3. The number of nitrogens with one attached hydrogen (secondary N) is 1. The van der Waals surface area contributed by atoms with Gasteiger partial charge in [0.05, 0.1) is 38.2 Å². The predicted molar refractivity (Wildman–Crippen MR) is 120 cm³/mol. The maximum Gasteiger partial charge on any atom is 0.296 e. The molecule has 0 saturated carbocycles. The molecule has 10 heteroatoms. The standard InChI is InChI=1S/C24H20F2N4O4/c1-13-22(23(31)24(32)29-15-6-7-27-21(9-15)34-3)17-10-16(33-2)4-5-20(17)30(13)12-19-18(26)8-14(25)11-28-19/h4-11H,12H2,1-3H3,(H,27,29,32). The largest absolute Gasteiger partial charge is 0.497 e. The maximum atomic E-state index is 14.3. The van der Waals surface area contributed by atoms with Crippen LogP contribution in [0.15, 0.2) is 48.8 Å². The number of aromatic nitrogens is 3. The molecular weight excluding hydrogens is 446 g/mol. The first-order valence-electron chi connectivity index (χ1n) is 10.1. The Labute approximate surface area is 193 Å². The number of carbonyl (C=O) groups is 2. The predicted octanol–water partition coefficient (Wildman–Crippen LogP) is 3.90. The minimum Gasteiger partial charge on any atom is -0.497 e. The van der Waals surface area contributed by atoms with Gasteiger partial charge in [-0.2, -0.15) is 0 Å². The highest BCUT2D eigenvalue weighted by Crippen LogP contribution is 2.31. The number of methoxy groups -OCH3 is 2. The van der Waals surface area contributed by atoms with Gasteiger partial charge in [-0.3, -0.25) is 14.6 Å². The normalized spacial score (nSPS) is 10.9. The lowest BCUT2D eigenvalue weighted by Gasteiger charge is -2.09. The van der Waals surface area contributed by atoms with Gasteiger partial charge in [0, 0.05) is 40.6 Å². The molecule has 0 aliphatic heterocycles. The first kappa shape index (κ1) is 22.8. The number of anilines is 1. The SMILES string of the molecule is COc1ccc2c(c1)c(C(=O)C(=O)Nc1ccnc(OC)c1)c(C)n2Cc1ncc(F)cc1F. The van der Waals surface area contributed by atoms with E-state index >= 15 is 0 Å². The maximum absolute atomic E-state index is 14.3. The summed E-state index contributed by atoms with van der Waals surface area (Å²) in [4.78, 5) is 33.9. The van der Waals surface area contributed by atoms with Crippen LogP contribution in [0.5, 0.6) is 11.6 Å². The lowest BCUT2D eigenvalue weighted by atomic mass is 10.1. The Bertz CT molecular complexity index is 1420. The molecule has 0 saturated heterocycles. The molecule has 1 aromatic carbocycles. The van der Waals surface area contributed by atoms with Gasteiger partial charge >= 0.3 is 0 Å². The molecule has 174 valence electrons. The van der Waals surface area contributed by atoms with Gasteiger partial charge in [0.2, 0.25) is 5.88 Å². The topological polar surface area (TPSA) is 95.3 Å². The third-order valence-corrected chi connectivity index (χ3v) is 5.36. The van der Waals surface area contributed by atoms with Crippen molar-refractivity contribution in [1.29, 1.82) is 0 Å². The number of hydrogen-bond acceptors (Lipinski definition) is 6. The molecule has 0 aliphatic carbocycles. The van der Waals surface area contributed by atoms with Crippen LogP contribution in [0.2, 0.25) is 0 Å². The molecular formula is C24H20F2N4O4. The Hall–Kier alpha value is -4.34. The van der Waals surface area contributed by atoms with Gasteiger partial charge in [-0.1, -0.05) is 0 Å². The van der Waals surface area contributed by atoms with Gasteiger partial charge in [0.1, 0.15) is 17.4 Å². The van der Waals surface area contributed by atoms with E-state index in [4.69, 9.17) is 9.47 Å². The minimum absolute atomic E-state index is 0.00968. The Kier molecular flexibility index (Phi) is 6.22. The molecule has 3 aromatic heterocycles. The Balaban J connectivity index is 1.77. The molecule has 0 bridgehead atoms. The van der Waals surface area contributed by atoms with Crippen molar-refractivity contribution in [3.63, 3.8) is 0 Å². The average molecular weight is 466 g/mol. The second-order valence-corrected chi connectivity index (χ2v) is 7.38. The third kappa shape index (κ3) is 4.29. The molecule has 1 amide bonds. The zero-order chi connectivity index (χ0) is 24.4. The van der Waals surface area contributed by atoms with Gasteiger partial charge in [0.15, 0.2) is 0 Å². The second kappa shape index (κ2) is 9.26. The van der Waals surface area contributed by atoms with Crippen LogP contribution in [0.3, 0.4) is 0 Å². The number of fused-ring (bicyclic) bond motifs is 1. The summed E-state index contributed by atoms with van der Waals surface area (Å²) in [6.07, 6.45) is 2.36. The summed E-state index contributed by atoms with van der Waals surface area (Å²) < 4.78 is 39.6. The van der Waals surface area contributed by atoms with E-state index in [1.54, 1.807) is 29.7 Å². The Morgan fingerprint density at radius 3 is 2.56 bits per heavy atom. The molecule has 0 spiro atoms. The average Bonchev–Trinajstić information content (AvgIpc) is 3.10. The van der Waals surface area contributed by atoms with E-state index in [-0.39, 0.29) is 23.7 Å². The second-order valence-electron chi connectivity index (χ2n) is 7.38. The van der Waals surface area contributed by atoms with Crippen molar-refractivity contribution in [2.75, 3.05) is 19.5 Å². The molecule has 0 unspecified atom stereocenters. The summed E-state index contributed by atoms with van der Waals surface area (Å²) in [5.41, 5.74) is 1.44. The van der Waals surface area contributed by atoms with Crippen LogP contribution >= 0.6 is 0 Å². The van der Waals surface area contributed by atoms with Crippen molar-refractivity contribution in [3.8, 4) is 11.6 Å². The van der Waals surface area contributed by atoms with Crippen LogP contribution in [-0.2, 0) is 11.3 Å². The highest BCUT2D eigenvalue weighted by atomic mass is 19.1. The molecule has 8 nitrogen and oxygen atoms in total. The van der Waals surface area contributed by atoms with Gasteiger partial charge in [0.25, 0.3) is 11.7 Å². The van der Waals surface area contributed by atoms with Crippen LogP contribution in [0.4, 0.5) is 14.5 Å². The van der Waals surface area contributed by atoms with Crippen molar-refractivity contribution in [1.82, 2.24) is 14.5 Å². The van der Waals surface area contributed by atoms with Gasteiger partial charge in [-0.25, -0.2) is 13.8 Å². The third-order valence-electron chi connectivity index (χ3n) is 5.36. The van der Waals surface area contributed by atoms with Crippen molar-refractivity contribution >= 4 is 28.3 Å².